The van der Waals surface area contributed by atoms with Gasteiger partial charge in [0.1, 0.15) is 0 Å². The minimum atomic E-state index is -0.751. The molecule has 0 amide bonds. The molecule has 0 aromatic heterocycles. The van der Waals surface area contributed by atoms with Gasteiger partial charge in [-0.05, 0) is 80.4 Å². The van der Waals surface area contributed by atoms with Gasteiger partial charge in [-0.3, -0.25) is 0 Å². The minimum absolute atomic E-state index is 0.726. The van der Waals surface area contributed by atoms with Crippen LogP contribution in [0.4, 0.5) is 8.78 Å². The van der Waals surface area contributed by atoms with Gasteiger partial charge >= 0.3 is 0 Å². The van der Waals surface area contributed by atoms with Crippen LogP contribution in [0.5, 0.6) is 0 Å². The first-order valence-corrected chi connectivity index (χ1v) is 11.3. The average Bonchev–Trinajstić information content (AvgIpc) is 2.70. The summed E-state index contributed by atoms with van der Waals surface area (Å²) in [6.07, 6.45) is 19.5. The Morgan fingerprint density at radius 2 is 1.70 bits per heavy atom. The van der Waals surface area contributed by atoms with Gasteiger partial charge in [-0.15, -0.1) is 0 Å². The maximum Gasteiger partial charge on any atom is 0.159 e. The van der Waals surface area contributed by atoms with Gasteiger partial charge in [0.25, 0.3) is 0 Å². The lowest BCUT2D eigenvalue weighted by atomic mass is 9.70. The van der Waals surface area contributed by atoms with E-state index in [9.17, 15) is 8.78 Å². The molecule has 1 saturated carbocycles. The first-order chi connectivity index (χ1) is 13.2. The Morgan fingerprint density at radius 1 is 0.889 bits per heavy atom. The molecule has 0 nitrogen and oxygen atoms in total. The van der Waals surface area contributed by atoms with Crippen molar-refractivity contribution >= 4 is 0 Å². The highest BCUT2D eigenvalue weighted by atomic mass is 19.2. The molecule has 0 heterocycles. The quantitative estimate of drug-likeness (QED) is 0.319. The first kappa shape index (κ1) is 20.6. The van der Waals surface area contributed by atoms with Crippen LogP contribution in [-0.4, -0.2) is 0 Å². The van der Waals surface area contributed by atoms with Gasteiger partial charge in [-0.1, -0.05) is 63.2 Å². The predicted octanol–water partition coefficient (Wildman–Crippen LogP) is 8.01. The van der Waals surface area contributed by atoms with Gasteiger partial charge in [-0.25, -0.2) is 8.78 Å². The molecule has 1 aromatic carbocycles. The molecule has 0 radical (unpaired) electrons. The van der Waals surface area contributed by atoms with E-state index in [0.717, 1.165) is 36.2 Å². The molecular formula is C25H36F2. The molecule has 27 heavy (non-hydrogen) atoms. The monoisotopic (exact) mass is 374 g/mol. The Hall–Kier alpha value is -1.18. The third-order valence-electron chi connectivity index (χ3n) is 7.04. The lowest BCUT2D eigenvalue weighted by Gasteiger charge is -2.35. The number of halogens is 2. The van der Waals surface area contributed by atoms with E-state index >= 15 is 0 Å². The summed E-state index contributed by atoms with van der Waals surface area (Å²) < 4.78 is 26.4. The van der Waals surface area contributed by atoms with Gasteiger partial charge in [-0.2, -0.15) is 0 Å². The van der Waals surface area contributed by atoms with Crippen LogP contribution in [0.3, 0.4) is 0 Å². The molecule has 0 bridgehead atoms. The molecule has 1 aromatic rings. The van der Waals surface area contributed by atoms with E-state index in [4.69, 9.17) is 0 Å². The number of unbranched alkanes of at least 4 members (excludes halogenated alkanes) is 2. The van der Waals surface area contributed by atoms with Crippen LogP contribution in [0.25, 0.3) is 0 Å². The fraction of sp³-hybridized carbons (Fsp3) is 0.680. The van der Waals surface area contributed by atoms with E-state index in [2.05, 4.69) is 13.0 Å². The minimum Gasteiger partial charge on any atom is -0.204 e. The summed E-state index contributed by atoms with van der Waals surface area (Å²) in [6, 6.07) is 4.30. The third kappa shape index (κ3) is 6.16. The Morgan fingerprint density at radius 3 is 2.37 bits per heavy atom. The smallest absolute Gasteiger partial charge is 0.159 e. The highest BCUT2D eigenvalue weighted by molar-refractivity contribution is 5.20. The average molecular weight is 375 g/mol. The Labute approximate surface area is 164 Å². The summed E-state index contributed by atoms with van der Waals surface area (Å²) in [7, 11) is 0. The van der Waals surface area contributed by atoms with E-state index in [0.29, 0.717) is 0 Å². The lowest BCUT2D eigenvalue weighted by molar-refractivity contribution is 0.185. The topological polar surface area (TPSA) is 0 Å². The number of hydrogen-bond acceptors (Lipinski definition) is 0. The number of benzene rings is 1. The van der Waals surface area contributed by atoms with Crippen molar-refractivity contribution in [3.8, 4) is 0 Å². The highest BCUT2D eigenvalue weighted by Gasteiger charge is 2.28. The molecule has 2 aliphatic carbocycles. The van der Waals surface area contributed by atoms with Crippen LogP contribution in [0.1, 0.15) is 89.5 Å². The second kappa shape index (κ2) is 10.4. The summed E-state index contributed by atoms with van der Waals surface area (Å²) in [5.74, 6) is 1.35. The fourth-order valence-electron chi connectivity index (χ4n) is 5.20. The van der Waals surface area contributed by atoms with Crippen molar-refractivity contribution in [1.29, 1.82) is 0 Å². The summed E-state index contributed by atoms with van der Waals surface area (Å²) in [5.41, 5.74) is 2.42. The highest BCUT2D eigenvalue weighted by Crippen LogP contribution is 2.41. The largest absolute Gasteiger partial charge is 0.204 e. The molecule has 2 heteroatoms. The van der Waals surface area contributed by atoms with Crippen molar-refractivity contribution in [3.05, 3.63) is 47.0 Å². The molecular weight excluding hydrogens is 338 g/mol. The molecule has 0 spiro atoms. The summed E-state index contributed by atoms with van der Waals surface area (Å²) >= 11 is 0. The van der Waals surface area contributed by atoms with Gasteiger partial charge in [0.05, 0.1) is 0 Å². The first-order valence-electron chi connectivity index (χ1n) is 11.3. The van der Waals surface area contributed by atoms with Crippen molar-refractivity contribution in [3.63, 3.8) is 0 Å². The van der Waals surface area contributed by atoms with Crippen LogP contribution in [0.2, 0.25) is 0 Å². The summed E-state index contributed by atoms with van der Waals surface area (Å²) in [5, 5.41) is 0. The Balaban J connectivity index is 1.39. The standard InChI is InChI=1S/C25H36F2/c1-2-3-4-5-19-8-13-22(14-9-19)23-15-10-20(11-16-23)6-7-21-12-17-24(26)25(27)18-21/h10,12,17-19,22-23H,2-9,11,13-16H2,1H3/t19-,22-,23?. The van der Waals surface area contributed by atoms with Crippen molar-refractivity contribution in [1.82, 2.24) is 0 Å². The lowest BCUT2D eigenvalue weighted by Crippen LogP contribution is -2.23. The molecule has 1 unspecified atom stereocenters. The second-order valence-corrected chi connectivity index (χ2v) is 8.92. The molecule has 1 fully saturated rings. The van der Waals surface area contributed by atoms with Crippen molar-refractivity contribution < 1.29 is 8.78 Å². The molecule has 2 aliphatic rings. The second-order valence-electron chi connectivity index (χ2n) is 8.92. The number of rotatable bonds is 8. The van der Waals surface area contributed by atoms with E-state index < -0.39 is 11.6 Å². The normalized spacial score (nSPS) is 26.0. The van der Waals surface area contributed by atoms with Crippen LogP contribution in [0, 0.1) is 29.4 Å². The van der Waals surface area contributed by atoms with Crippen molar-refractivity contribution in [2.75, 3.05) is 0 Å². The van der Waals surface area contributed by atoms with Gasteiger partial charge in [0.15, 0.2) is 11.6 Å². The summed E-state index contributed by atoms with van der Waals surface area (Å²) in [4.78, 5) is 0. The maximum absolute atomic E-state index is 13.3. The van der Waals surface area contributed by atoms with E-state index in [-0.39, 0.29) is 0 Å². The Kier molecular flexibility index (Phi) is 7.91. The van der Waals surface area contributed by atoms with Gasteiger partial charge in [0, 0.05) is 0 Å². The van der Waals surface area contributed by atoms with Crippen molar-refractivity contribution in [2.24, 2.45) is 17.8 Å². The van der Waals surface area contributed by atoms with Gasteiger partial charge < -0.3 is 0 Å². The zero-order valence-electron chi connectivity index (χ0n) is 17.0. The molecule has 0 N–H and O–H groups in total. The van der Waals surface area contributed by atoms with E-state index in [1.165, 1.54) is 88.3 Å². The molecule has 150 valence electrons. The van der Waals surface area contributed by atoms with Crippen LogP contribution in [-0.2, 0) is 6.42 Å². The Bertz CT molecular complexity index is 611. The van der Waals surface area contributed by atoms with Crippen LogP contribution >= 0.6 is 0 Å². The zero-order valence-corrected chi connectivity index (χ0v) is 17.0. The van der Waals surface area contributed by atoms with E-state index in [1.54, 1.807) is 6.07 Å². The van der Waals surface area contributed by atoms with Crippen LogP contribution < -0.4 is 0 Å². The summed E-state index contributed by atoms with van der Waals surface area (Å²) in [6.45, 7) is 2.29. The maximum atomic E-state index is 13.3. The third-order valence-corrected chi connectivity index (χ3v) is 7.04. The molecule has 0 aliphatic heterocycles. The number of allylic oxidation sites excluding steroid dienone is 2. The van der Waals surface area contributed by atoms with Crippen LogP contribution in [0.15, 0.2) is 29.8 Å². The van der Waals surface area contributed by atoms with Crippen molar-refractivity contribution in [2.45, 2.75) is 90.4 Å². The SMILES string of the molecule is CCCCC[C@H]1CC[C@H](C2CC=C(CCc3ccc(F)c(F)c3)CC2)CC1. The fourth-order valence-corrected chi connectivity index (χ4v) is 5.20. The number of aryl methyl sites for hydroxylation is 1. The molecule has 3 rings (SSSR count). The van der Waals surface area contributed by atoms with E-state index in [1.807, 2.05) is 0 Å². The van der Waals surface area contributed by atoms with Gasteiger partial charge in [0.2, 0.25) is 0 Å². The predicted molar refractivity (Wildman–Crippen MR) is 110 cm³/mol. The molecule has 1 atom stereocenters. The zero-order chi connectivity index (χ0) is 19.1. The molecule has 0 saturated heterocycles. The number of hydrogen-bond donors (Lipinski definition) is 0.